The summed E-state index contributed by atoms with van der Waals surface area (Å²) in [7, 11) is 0. The number of thiazole rings is 1. The van der Waals surface area contributed by atoms with Crippen molar-refractivity contribution in [2.75, 3.05) is 18.0 Å². The molecule has 2 amide bonds. The Balaban J connectivity index is 1.83. The molecule has 27 heavy (non-hydrogen) atoms. The van der Waals surface area contributed by atoms with Crippen molar-refractivity contribution >= 4 is 34.3 Å². The number of ether oxygens (including phenoxy) is 1. The summed E-state index contributed by atoms with van der Waals surface area (Å²) in [5, 5.41) is 4.86. The van der Waals surface area contributed by atoms with Crippen molar-refractivity contribution in [2.45, 2.75) is 34.3 Å². The van der Waals surface area contributed by atoms with Gasteiger partial charge in [0.15, 0.2) is 5.13 Å². The Morgan fingerprint density at radius 1 is 1.19 bits per heavy atom. The minimum Gasteiger partial charge on any atom is -0.458 e. The van der Waals surface area contributed by atoms with Crippen LogP contribution in [0.15, 0.2) is 23.6 Å². The topological polar surface area (TPSA) is 88.6 Å². The maximum atomic E-state index is 12.1. The van der Waals surface area contributed by atoms with Crippen molar-refractivity contribution in [1.82, 2.24) is 10.3 Å². The van der Waals surface area contributed by atoms with Crippen LogP contribution >= 0.6 is 11.3 Å². The molecule has 0 spiro atoms. The van der Waals surface area contributed by atoms with E-state index in [2.05, 4.69) is 10.3 Å². The molecule has 0 aliphatic carbocycles. The molecule has 144 valence electrons. The largest absolute Gasteiger partial charge is 0.458 e. The second-order valence-electron chi connectivity index (χ2n) is 6.10. The molecule has 2 aromatic rings. The highest BCUT2D eigenvalue weighted by Gasteiger charge is 2.15. The number of carbonyl (C=O) groups is 3. The van der Waals surface area contributed by atoms with Gasteiger partial charge in [-0.1, -0.05) is 17.2 Å². The Morgan fingerprint density at radius 3 is 2.44 bits per heavy atom. The summed E-state index contributed by atoms with van der Waals surface area (Å²) in [5.41, 5.74) is 3.03. The Morgan fingerprint density at radius 2 is 1.85 bits per heavy atom. The molecule has 0 unspecified atom stereocenters. The fourth-order valence-corrected chi connectivity index (χ4v) is 3.46. The third kappa shape index (κ3) is 5.89. The number of benzene rings is 1. The third-order valence-corrected chi connectivity index (χ3v) is 4.64. The Kier molecular flexibility index (Phi) is 7.06. The van der Waals surface area contributed by atoms with Gasteiger partial charge in [-0.2, -0.15) is 0 Å². The number of aromatic nitrogens is 1. The highest BCUT2D eigenvalue weighted by atomic mass is 32.1. The number of hydrogen-bond acceptors (Lipinski definition) is 6. The van der Waals surface area contributed by atoms with Crippen LogP contribution in [0.5, 0.6) is 0 Å². The van der Waals surface area contributed by atoms with Crippen molar-refractivity contribution in [3.05, 3.63) is 46.0 Å². The van der Waals surface area contributed by atoms with Gasteiger partial charge in [0, 0.05) is 24.4 Å². The van der Waals surface area contributed by atoms with Gasteiger partial charge in [0.05, 0.1) is 5.69 Å². The Labute approximate surface area is 162 Å². The number of amides is 2. The molecule has 0 saturated heterocycles. The van der Waals surface area contributed by atoms with Crippen molar-refractivity contribution in [2.24, 2.45) is 0 Å². The molecule has 0 atom stereocenters. The van der Waals surface area contributed by atoms with Crippen LogP contribution in [-0.4, -0.2) is 35.9 Å². The zero-order chi connectivity index (χ0) is 20.0. The molecular weight excluding hydrogens is 366 g/mol. The van der Waals surface area contributed by atoms with Crippen molar-refractivity contribution in [1.29, 1.82) is 0 Å². The number of hydrogen-bond donors (Lipinski definition) is 1. The summed E-state index contributed by atoms with van der Waals surface area (Å²) in [6, 6.07) is 5.50. The normalized spacial score (nSPS) is 10.4. The second-order valence-corrected chi connectivity index (χ2v) is 6.94. The van der Waals surface area contributed by atoms with Crippen LogP contribution in [0.4, 0.5) is 5.13 Å². The van der Waals surface area contributed by atoms with Crippen LogP contribution in [0.1, 0.15) is 41.0 Å². The maximum Gasteiger partial charge on any atom is 0.325 e. The lowest BCUT2D eigenvalue weighted by Gasteiger charge is -2.14. The first kappa shape index (κ1) is 20.6. The lowest BCUT2D eigenvalue weighted by molar-refractivity contribution is -0.143. The molecule has 0 aliphatic heterocycles. The first-order chi connectivity index (χ1) is 12.8. The van der Waals surface area contributed by atoms with E-state index in [1.807, 2.05) is 26.8 Å². The first-order valence-corrected chi connectivity index (χ1v) is 9.42. The fourth-order valence-electron chi connectivity index (χ4n) is 2.54. The van der Waals surface area contributed by atoms with E-state index in [4.69, 9.17) is 4.74 Å². The van der Waals surface area contributed by atoms with E-state index in [-0.39, 0.29) is 25.0 Å². The molecule has 0 aliphatic rings. The third-order valence-electron chi connectivity index (χ3n) is 3.73. The minimum atomic E-state index is -0.554. The number of aryl methyl sites for hydroxylation is 2. The molecule has 0 radical (unpaired) electrons. The minimum absolute atomic E-state index is 0.00971. The van der Waals surface area contributed by atoms with Crippen LogP contribution in [0.2, 0.25) is 0 Å². The summed E-state index contributed by atoms with van der Waals surface area (Å²) in [6.45, 7) is 7.44. The van der Waals surface area contributed by atoms with Gasteiger partial charge in [0.25, 0.3) is 5.91 Å². The first-order valence-electron chi connectivity index (χ1n) is 8.54. The summed E-state index contributed by atoms with van der Waals surface area (Å²) in [5.74, 6) is -0.972. The lowest BCUT2D eigenvalue weighted by atomic mass is 10.1. The maximum absolute atomic E-state index is 12.1. The average Bonchev–Trinajstić information content (AvgIpc) is 3.05. The van der Waals surface area contributed by atoms with Crippen molar-refractivity contribution < 1.29 is 19.1 Å². The van der Waals surface area contributed by atoms with Gasteiger partial charge >= 0.3 is 5.97 Å². The number of carbonyl (C=O) groups excluding carboxylic acids is 3. The van der Waals surface area contributed by atoms with E-state index in [0.717, 1.165) is 11.1 Å². The zero-order valence-electron chi connectivity index (χ0n) is 15.9. The van der Waals surface area contributed by atoms with Crippen molar-refractivity contribution in [3.8, 4) is 0 Å². The van der Waals surface area contributed by atoms with E-state index in [1.54, 1.807) is 22.4 Å². The van der Waals surface area contributed by atoms with Crippen molar-refractivity contribution in [3.63, 3.8) is 0 Å². The average molecular weight is 389 g/mol. The molecule has 1 heterocycles. The molecule has 7 nitrogen and oxygen atoms in total. The molecule has 1 aromatic carbocycles. The zero-order valence-corrected chi connectivity index (χ0v) is 16.7. The standard InChI is InChI=1S/C19H23N3O4S/c1-5-22(14(4)23)19-21-16(11-27-19)10-26-17(24)9-20-18(25)15-7-12(2)6-13(3)8-15/h6-8,11H,5,9-10H2,1-4H3,(H,20,25). The summed E-state index contributed by atoms with van der Waals surface area (Å²) >= 11 is 1.31. The van der Waals surface area contributed by atoms with E-state index in [1.165, 1.54) is 18.3 Å². The van der Waals surface area contributed by atoms with Gasteiger partial charge in [0.2, 0.25) is 5.91 Å². The van der Waals surface area contributed by atoms with E-state index >= 15 is 0 Å². The molecule has 1 N–H and O–H groups in total. The monoisotopic (exact) mass is 389 g/mol. The summed E-state index contributed by atoms with van der Waals surface area (Å²) in [4.78, 5) is 41.4. The van der Waals surface area contributed by atoms with Crippen LogP contribution in [0.25, 0.3) is 0 Å². The molecule has 0 fully saturated rings. The highest BCUT2D eigenvalue weighted by molar-refractivity contribution is 7.14. The Bertz CT molecular complexity index is 827. The SMILES string of the molecule is CCN(C(C)=O)c1nc(COC(=O)CNC(=O)c2cc(C)cc(C)c2)cs1. The van der Waals surface area contributed by atoms with E-state index < -0.39 is 5.97 Å². The molecule has 1 aromatic heterocycles. The van der Waals surface area contributed by atoms with E-state index in [0.29, 0.717) is 22.9 Å². The van der Waals surface area contributed by atoms with Gasteiger partial charge in [0.1, 0.15) is 13.2 Å². The molecule has 0 bridgehead atoms. The summed E-state index contributed by atoms with van der Waals surface area (Å²) < 4.78 is 5.14. The molecule has 8 heteroatoms. The molecular formula is C19H23N3O4S. The quantitative estimate of drug-likeness (QED) is 0.736. The molecule has 0 saturated carbocycles. The van der Waals surface area contributed by atoms with Crippen LogP contribution in [-0.2, 0) is 20.9 Å². The predicted molar refractivity (Wildman–Crippen MR) is 104 cm³/mol. The van der Waals surface area contributed by atoms with E-state index in [9.17, 15) is 14.4 Å². The number of anilines is 1. The van der Waals surface area contributed by atoms with Gasteiger partial charge in [-0.25, -0.2) is 4.98 Å². The number of nitrogens with zero attached hydrogens (tertiary/aromatic N) is 2. The molecule has 2 rings (SSSR count). The Hall–Kier alpha value is -2.74. The van der Waals surface area contributed by atoms with Gasteiger partial charge in [-0.3, -0.25) is 19.3 Å². The van der Waals surface area contributed by atoms with Gasteiger partial charge < -0.3 is 10.1 Å². The fraction of sp³-hybridized carbons (Fsp3) is 0.368. The lowest BCUT2D eigenvalue weighted by Crippen LogP contribution is -2.30. The van der Waals surface area contributed by atoms with Crippen LogP contribution in [0.3, 0.4) is 0 Å². The second kappa shape index (κ2) is 9.27. The predicted octanol–water partition coefficient (Wildman–Crippen LogP) is 2.61. The highest BCUT2D eigenvalue weighted by Crippen LogP contribution is 2.21. The van der Waals surface area contributed by atoms with Crippen LogP contribution < -0.4 is 10.2 Å². The smallest absolute Gasteiger partial charge is 0.325 e. The summed E-state index contributed by atoms with van der Waals surface area (Å²) in [6.07, 6.45) is 0. The number of nitrogens with one attached hydrogen (secondary N) is 1. The number of rotatable bonds is 7. The van der Waals surface area contributed by atoms with Gasteiger partial charge in [-0.15, -0.1) is 11.3 Å². The number of esters is 1. The van der Waals surface area contributed by atoms with Crippen LogP contribution in [0, 0.1) is 13.8 Å². The van der Waals surface area contributed by atoms with Gasteiger partial charge in [-0.05, 0) is 32.9 Å².